The highest BCUT2D eigenvalue weighted by Gasteiger charge is 2.23. The molecule has 1 aliphatic heterocycles. The molecule has 1 fully saturated rings. The average molecular weight is 323 g/mol. The lowest BCUT2D eigenvalue weighted by Crippen LogP contribution is -2.31. The number of nitrogens with one attached hydrogen (secondary N) is 1. The van der Waals surface area contributed by atoms with Gasteiger partial charge in [-0.3, -0.25) is 9.52 Å². The minimum atomic E-state index is -3.46. The molecule has 1 saturated heterocycles. The number of fused-ring (bicyclic) bond motifs is 1. The largest absolute Gasteiger partial charge is 0.377 e. The molecule has 1 unspecified atom stereocenters. The Labute approximate surface area is 131 Å². The molecular formula is C16H21NO4S. The van der Waals surface area contributed by atoms with Crippen LogP contribution in [0.15, 0.2) is 18.2 Å². The summed E-state index contributed by atoms with van der Waals surface area (Å²) >= 11 is 0. The molecule has 0 spiro atoms. The van der Waals surface area contributed by atoms with Gasteiger partial charge in [0.1, 0.15) is 0 Å². The van der Waals surface area contributed by atoms with E-state index in [1.807, 2.05) is 6.07 Å². The van der Waals surface area contributed by atoms with Crippen molar-refractivity contribution in [2.45, 2.75) is 44.6 Å². The van der Waals surface area contributed by atoms with Crippen molar-refractivity contribution in [1.82, 2.24) is 0 Å². The third-order valence-electron chi connectivity index (χ3n) is 4.21. The zero-order valence-corrected chi connectivity index (χ0v) is 13.3. The molecular weight excluding hydrogens is 302 g/mol. The molecule has 0 radical (unpaired) electrons. The van der Waals surface area contributed by atoms with E-state index in [2.05, 4.69) is 4.72 Å². The van der Waals surface area contributed by atoms with Crippen LogP contribution in [-0.2, 0) is 21.2 Å². The summed E-state index contributed by atoms with van der Waals surface area (Å²) in [5, 5.41) is 0. The Kier molecular flexibility index (Phi) is 4.49. The molecule has 5 nitrogen and oxygen atoms in total. The number of ether oxygens (including phenoxy) is 1. The van der Waals surface area contributed by atoms with Gasteiger partial charge in [0, 0.05) is 24.3 Å². The molecule has 2 aliphatic rings. The van der Waals surface area contributed by atoms with Crippen molar-refractivity contribution < 1.29 is 17.9 Å². The van der Waals surface area contributed by atoms with Crippen LogP contribution >= 0.6 is 0 Å². The molecule has 6 heteroatoms. The summed E-state index contributed by atoms with van der Waals surface area (Å²) in [5.74, 6) is 0.0656. The third-order valence-corrected chi connectivity index (χ3v) is 5.57. The Balaban J connectivity index is 1.71. The first-order valence-electron chi connectivity index (χ1n) is 7.82. The van der Waals surface area contributed by atoms with Crippen molar-refractivity contribution in [3.05, 3.63) is 29.3 Å². The van der Waals surface area contributed by atoms with Crippen molar-refractivity contribution in [3.63, 3.8) is 0 Å². The maximum absolute atomic E-state index is 12.2. The van der Waals surface area contributed by atoms with Gasteiger partial charge < -0.3 is 4.74 Å². The number of hydrogen-bond donors (Lipinski definition) is 1. The second-order valence-corrected chi connectivity index (χ2v) is 7.79. The Morgan fingerprint density at radius 1 is 1.18 bits per heavy atom. The number of carbonyl (C=O) groups excluding carboxylic acids is 1. The van der Waals surface area contributed by atoms with E-state index in [4.69, 9.17) is 4.74 Å². The van der Waals surface area contributed by atoms with Crippen LogP contribution in [0.2, 0.25) is 0 Å². The summed E-state index contributed by atoms with van der Waals surface area (Å²) in [6.45, 7) is 0.632. The van der Waals surface area contributed by atoms with Gasteiger partial charge in [-0.05, 0) is 49.8 Å². The summed E-state index contributed by atoms with van der Waals surface area (Å²) in [4.78, 5) is 11.9. The minimum absolute atomic E-state index is 0.0297. The number of ketones is 1. The summed E-state index contributed by atoms with van der Waals surface area (Å²) in [6, 6.07) is 5.24. The fourth-order valence-corrected chi connectivity index (χ4v) is 4.42. The lowest BCUT2D eigenvalue weighted by molar-refractivity contribution is 0.0306. The van der Waals surface area contributed by atoms with Crippen molar-refractivity contribution in [2.75, 3.05) is 17.1 Å². The number of rotatable bonds is 4. The Hall–Kier alpha value is -1.40. The van der Waals surface area contributed by atoms with Crippen LogP contribution in [0.5, 0.6) is 0 Å². The van der Waals surface area contributed by atoms with Gasteiger partial charge in [-0.15, -0.1) is 0 Å². The Morgan fingerprint density at radius 2 is 2.05 bits per heavy atom. The predicted molar refractivity (Wildman–Crippen MR) is 84.7 cm³/mol. The molecule has 1 aliphatic carbocycles. The summed E-state index contributed by atoms with van der Waals surface area (Å²) in [6.07, 6.45) is 4.85. The molecule has 0 saturated carbocycles. The Bertz CT molecular complexity index is 663. The van der Waals surface area contributed by atoms with Gasteiger partial charge in [0.25, 0.3) is 0 Å². The van der Waals surface area contributed by atoms with E-state index in [9.17, 15) is 13.2 Å². The normalized spacial score (nSPS) is 22.2. The SMILES string of the molecule is O=C1CCCc2ccc(NS(=O)(=O)CC3CCCCO3)cc21. The van der Waals surface area contributed by atoms with Crippen LogP contribution < -0.4 is 4.72 Å². The number of sulfonamides is 1. The second kappa shape index (κ2) is 6.38. The quantitative estimate of drug-likeness (QED) is 0.924. The lowest BCUT2D eigenvalue weighted by atomic mass is 9.90. The van der Waals surface area contributed by atoms with E-state index in [1.165, 1.54) is 0 Å². The zero-order chi connectivity index (χ0) is 15.6. The van der Waals surface area contributed by atoms with Gasteiger partial charge in [-0.25, -0.2) is 8.42 Å². The highest BCUT2D eigenvalue weighted by molar-refractivity contribution is 7.92. The first-order valence-corrected chi connectivity index (χ1v) is 9.47. The van der Waals surface area contributed by atoms with E-state index in [0.717, 1.165) is 37.7 Å². The molecule has 1 aromatic rings. The van der Waals surface area contributed by atoms with Gasteiger partial charge in [0.05, 0.1) is 11.9 Å². The van der Waals surface area contributed by atoms with Crippen molar-refractivity contribution >= 4 is 21.5 Å². The molecule has 22 heavy (non-hydrogen) atoms. The molecule has 120 valence electrons. The van der Waals surface area contributed by atoms with Crippen molar-refractivity contribution in [3.8, 4) is 0 Å². The van der Waals surface area contributed by atoms with Crippen LogP contribution in [0.25, 0.3) is 0 Å². The van der Waals surface area contributed by atoms with Gasteiger partial charge in [-0.1, -0.05) is 6.07 Å². The van der Waals surface area contributed by atoms with E-state index < -0.39 is 10.0 Å². The number of carbonyl (C=O) groups is 1. The van der Waals surface area contributed by atoms with Crippen LogP contribution in [0.1, 0.15) is 48.0 Å². The van der Waals surface area contributed by atoms with E-state index in [-0.39, 0.29) is 17.6 Å². The number of hydrogen-bond acceptors (Lipinski definition) is 4. The highest BCUT2D eigenvalue weighted by atomic mass is 32.2. The van der Waals surface area contributed by atoms with Crippen LogP contribution in [0, 0.1) is 0 Å². The number of benzene rings is 1. The predicted octanol–water partition coefficient (Wildman–Crippen LogP) is 2.52. The molecule has 0 aromatic heterocycles. The fourth-order valence-electron chi connectivity index (χ4n) is 3.10. The lowest BCUT2D eigenvalue weighted by Gasteiger charge is -2.23. The minimum Gasteiger partial charge on any atom is -0.377 e. The van der Waals surface area contributed by atoms with Gasteiger partial charge in [-0.2, -0.15) is 0 Å². The summed E-state index contributed by atoms with van der Waals surface area (Å²) in [5.41, 5.74) is 2.12. The number of aryl methyl sites for hydroxylation is 1. The van der Waals surface area contributed by atoms with Crippen molar-refractivity contribution in [2.24, 2.45) is 0 Å². The van der Waals surface area contributed by atoms with Crippen molar-refractivity contribution in [1.29, 1.82) is 0 Å². The zero-order valence-electron chi connectivity index (χ0n) is 12.5. The number of Topliss-reactive ketones (excluding diaryl/α,β-unsaturated/α-hetero) is 1. The third kappa shape index (κ3) is 3.67. The molecule has 3 rings (SSSR count). The van der Waals surface area contributed by atoms with E-state index >= 15 is 0 Å². The molecule has 1 heterocycles. The monoisotopic (exact) mass is 323 g/mol. The van der Waals surface area contributed by atoms with E-state index in [0.29, 0.717) is 24.3 Å². The molecule has 0 bridgehead atoms. The smallest absolute Gasteiger partial charge is 0.235 e. The number of anilines is 1. The summed E-state index contributed by atoms with van der Waals surface area (Å²) in [7, 11) is -3.46. The second-order valence-electron chi connectivity index (χ2n) is 6.02. The standard InChI is InChI=1S/C16H21NO4S/c18-16-6-3-4-12-7-8-13(10-15(12)16)17-22(19,20)11-14-5-1-2-9-21-14/h7-8,10,14,17H,1-6,9,11H2. The first-order chi connectivity index (χ1) is 10.5. The topological polar surface area (TPSA) is 72.5 Å². The van der Waals surface area contributed by atoms with Gasteiger partial charge >= 0.3 is 0 Å². The van der Waals surface area contributed by atoms with Crippen LogP contribution in [0.4, 0.5) is 5.69 Å². The maximum Gasteiger partial charge on any atom is 0.235 e. The van der Waals surface area contributed by atoms with Crippen LogP contribution in [0.3, 0.4) is 0 Å². The van der Waals surface area contributed by atoms with E-state index in [1.54, 1.807) is 12.1 Å². The highest BCUT2D eigenvalue weighted by Crippen LogP contribution is 2.25. The molecule has 1 atom stereocenters. The van der Waals surface area contributed by atoms with Crippen LogP contribution in [-0.4, -0.2) is 32.7 Å². The Morgan fingerprint density at radius 3 is 2.82 bits per heavy atom. The summed E-state index contributed by atoms with van der Waals surface area (Å²) < 4.78 is 32.5. The average Bonchev–Trinajstić information content (AvgIpc) is 2.48. The maximum atomic E-state index is 12.2. The molecule has 0 amide bonds. The molecule has 1 aromatic carbocycles. The van der Waals surface area contributed by atoms with Gasteiger partial charge in [0.2, 0.25) is 10.0 Å². The van der Waals surface area contributed by atoms with Gasteiger partial charge in [0.15, 0.2) is 5.78 Å². The first kappa shape index (κ1) is 15.5. The molecule has 1 N–H and O–H groups in total. The fraction of sp³-hybridized carbons (Fsp3) is 0.562.